The lowest BCUT2D eigenvalue weighted by Crippen LogP contribution is -2.48. The summed E-state index contributed by atoms with van der Waals surface area (Å²) in [6.45, 7) is 3.16. The van der Waals surface area contributed by atoms with Crippen LogP contribution in [0.15, 0.2) is 47.7 Å². The largest absolute Gasteiger partial charge is 0.381 e. The van der Waals surface area contributed by atoms with E-state index in [0.29, 0.717) is 5.92 Å². The van der Waals surface area contributed by atoms with Gasteiger partial charge in [-0.1, -0.05) is 18.6 Å². The molecule has 7 rings (SSSR count). The molecule has 3 aromatic heterocycles. The Hall–Kier alpha value is -3.23. The van der Waals surface area contributed by atoms with Gasteiger partial charge in [0.05, 0.1) is 11.5 Å². The number of aromatic nitrogens is 5. The number of benzene rings is 1. The third-order valence-corrected chi connectivity index (χ3v) is 9.05. The molecule has 0 unspecified atom stereocenters. The first-order valence-electron chi connectivity index (χ1n) is 14.0. The van der Waals surface area contributed by atoms with Crippen LogP contribution in [0.3, 0.4) is 0 Å². The zero-order chi connectivity index (χ0) is 25.9. The Morgan fingerprint density at radius 3 is 2.66 bits per heavy atom. The van der Waals surface area contributed by atoms with Crippen LogP contribution in [0.2, 0.25) is 0 Å². The lowest BCUT2D eigenvalue weighted by atomic mass is 9.62. The standard InChI is InChI=1S/C30H36N6O2/c1-34-19-31-33-29(34)30(15-24(16-30)38-2)21-7-6-8-23(13-21)36-18-26(20-9-10-20)25-14-22(32-27(25)28(36)37)17-35-11-4-3-5-12-35/h6-8,13-14,18-20,24,32H,3-5,9-12,15-17H2,1-2H3/t24-,30-. The van der Waals surface area contributed by atoms with Gasteiger partial charge in [-0.2, -0.15) is 0 Å². The van der Waals surface area contributed by atoms with E-state index in [-0.39, 0.29) is 17.1 Å². The zero-order valence-electron chi connectivity index (χ0n) is 22.3. The van der Waals surface area contributed by atoms with Crippen molar-refractivity contribution >= 4 is 10.9 Å². The van der Waals surface area contributed by atoms with E-state index >= 15 is 0 Å². The number of hydrogen-bond donors (Lipinski definition) is 1. The number of fused-ring (bicyclic) bond motifs is 1. The van der Waals surface area contributed by atoms with Gasteiger partial charge < -0.3 is 14.3 Å². The van der Waals surface area contributed by atoms with Gasteiger partial charge in [-0.25, -0.2) is 0 Å². The van der Waals surface area contributed by atoms with Crippen LogP contribution in [0.1, 0.15) is 73.5 Å². The molecule has 2 saturated carbocycles. The highest BCUT2D eigenvalue weighted by atomic mass is 16.5. The Morgan fingerprint density at radius 1 is 1.13 bits per heavy atom. The number of H-pyrrole nitrogens is 1. The summed E-state index contributed by atoms with van der Waals surface area (Å²) in [6, 6.07) is 10.7. The Bertz CT molecular complexity index is 1530. The van der Waals surface area contributed by atoms with Crippen molar-refractivity contribution in [3.05, 3.63) is 75.9 Å². The molecule has 1 saturated heterocycles. The van der Waals surface area contributed by atoms with Crippen LogP contribution in [-0.4, -0.2) is 55.5 Å². The number of hydrogen-bond acceptors (Lipinski definition) is 5. The number of methoxy groups -OCH3 is 1. The van der Waals surface area contributed by atoms with E-state index in [2.05, 4.69) is 50.5 Å². The summed E-state index contributed by atoms with van der Waals surface area (Å²) in [4.78, 5) is 20.0. The van der Waals surface area contributed by atoms with Crippen molar-refractivity contribution < 1.29 is 4.74 Å². The van der Waals surface area contributed by atoms with Gasteiger partial charge in [0.2, 0.25) is 0 Å². The van der Waals surface area contributed by atoms with Crippen LogP contribution in [0.5, 0.6) is 0 Å². The molecule has 8 heteroatoms. The first kappa shape index (κ1) is 23.9. The summed E-state index contributed by atoms with van der Waals surface area (Å²) < 4.78 is 9.53. The average Bonchev–Trinajstić information content (AvgIpc) is 3.53. The van der Waals surface area contributed by atoms with E-state index in [1.807, 2.05) is 22.2 Å². The number of pyridine rings is 1. The molecule has 0 bridgehead atoms. The Kier molecular flexibility index (Phi) is 5.78. The van der Waals surface area contributed by atoms with Gasteiger partial charge in [-0.15, -0.1) is 10.2 Å². The van der Waals surface area contributed by atoms with E-state index in [1.165, 1.54) is 37.7 Å². The van der Waals surface area contributed by atoms with Gasteiger partial charge in [0.1, 0.15) is 17.7 Å². The second kappa shape index (κ2) is 9.20. The molecule has 1 aliphatic heterocycles. The number of piperidine rings is 1. The van der Waals surface area contributed by atoms with Crippen LogP contribution in [0, 0.1) is 0 Å². The molecule has 1 N–H and O–H groups in total. The summed E-state index contributed by atoms with van der Waals surface area (Å²) in [5.74, 6) is 1.47. The first-order valence-corrected chi connectivity index (χ1v) is 14.0. The first-order chi connectivity index (χ1) is 18.6. The third kappa shape index (κ3) is 3.93. The molecule has 8 nitrogen and oxygen atoms in total. The van der Waals surface area contributed by atoms with Crippen molar-refractivity contribution in [3.8, 4) is 5.69 Å². The minimum absolute atomic E-state index is 0.0162. The van der Waals surface area contributed by atoms with Crippen molar-refractivity contribution in [2.24, 2.45) is 7.05 Å². The molecule has 198 valence electrons. The predicted molar refractivity (Wildman–Crippen MR) is 147 cm³/mol. The topological polar surface area (TPSA) is 81.0 Å². The summed E-state index contributed by atoms with van der Waals surface area (Å²) in [7, 11) is 3.76. The SMILES string of the molecule is CO[C@H]1C[C@](c2cccc(-n3cc(C4CC4)c4cc(CN5CCCCC5)[nH]c4c3=O)c2)(c2nncn2C)C1. The smallest absolute Gasteiger partial charge is 0.279 e. The van der Waals surface area contributed by atoms with Crippen molar-refractivity contribution in [1.29, 1.82) is 0 Å². The summed E-state index contributed by atoms with van der Waals surface area (Å²) in [5, 5.41) is 9.76. The second-order valence-electron chi connectivity index (χ2n) is 11.6. The van der Waals surface area contributed by atoms with Crippen LogP contribution >= 0.6 is 0 Å². The maximum atomic E-state index is 13.9. The number of nitrogens with zero attached hydrogens (tertiary/aromatic N) is 5. The van der Waals surface area contributed by atoms with Crippen LogP contribution in [-0.2, 0) is 23.7 Å². The lowest BCUT2D eigenvalue weighted by molar-refractivity contribution is -0.00696. The van der Waals surface area contributed by atoms with Gasteiger partial charge in [0.15, 0.2) is 0 Å². The number of rotatable bonds is 7. The minimum atomic E-state index is -0.275. The molecule has 1 aromatic carbocycles. The number of aromatic amines is 1. The third-order valence-electron chi connectivity index (χ3n) is 9.05. The maximum absolute atomic E-state index is 13.9. The summed E-state index contributed by atoms with van der Waals surface area (Å²) in [6.07, 6.45) is 12.0. The van der Waals surface area contributed by atoms with E-state index < -0.39 is 0 Å². The van der Waals surface area contributed by atoms with E-state index in [1.54, 1.807) is 13.4 Å². The fraction of sp³-hybridized carbons (Fsp3) is 0.500. The molecule has 2 aliphatic carbocycles. The second-order valence-corrected chi connectivity index (χ2v) is 11.6. The quantitative estimate of drug-likeness (QED) is 0.397. The zero-order valence-corrected chi connectivity index (χ0v) is 22.3. The molecule has 4 heterocycles. The van der Waals surface area contributed by atoms with E-state index in [4.69, 9.17) is 4.74 Å². The fourth-order valence-electron chi connectivity index (χ4n) is 6.75. The fourth-order valence-corrected chi connectivity index (χ4v) is 6.75. The molecule has 3 aliphatic rings. The number of nitrogens with one attached hydrogen (secondary N) is 1. The summed E-state index contributed by atoms with van der Waals surface area (Å²) >= 11 is 0. The van der Waals surface area contributed by atoms with Gasteiger partial charge >= 0.3 is 0 Å². The molecule has 0 radical (unpaired) electrons. The van der Waals surface area contributed by atoms with Gasteiger partial charge in [-0.05, 0) is 86.9 Å². The monoisotopic (exact) mass is 512 g/mol. The number of likely N-dealkylation sites (tertiary alicyclic amines) is 1. The normalized spacial score (nSPS) is 24.1. The highest BCUT2D eigenvalue weighted by Gasteiger charge is 2.50. The van der Waals surface area contributed by atoms with E-state index in [0.717, 1.165) is 66.1 Å². The molecule has 0 atom stereocenters. The van der Waals surface area contributed by atoms with Crippen molar-refractivity contribution in [2.75, 3.05) is 20.2 Å². The highest BCUT2D eigenvalue weighted by molar-refractivity contribution is 5.84. The molecule has 3 fully saturated rings. The predicted octanol–water partition coefficient (Wildman–Crippen LogP) is 4.41. The summed E-state index contributed by atoms with van der Waals surface area (Å²) in [5.41, 5.74) is 4.96. The Labute approximate surface area is 222 Å². The molecule has 0 amide bonds. The number of ether oxygens (including phenoxy) is 1. The molecule has 4 aromatic rings. The highest BCUT2D eigenvalue weighted by Crippen LogP contribution is 2.49. The molecular weight excluding hydrogens is 476 g/mol. The van der Waals surface area contributed by atoms with Crippen LogP contribution in [0.4, 0.5) is 0 Å². The van der Waals surface area contributed by atoms with Gasteiger partial charge in [0, 0.05) is 43.7 Å². The van der Waals surface area contributed by atoms with Gasteiger partial charge in [-0.3, -0.25) is 14.3 Å². The molecule has 38 heavy (non-hydrogen) atoms. The maximum Gasteiger partial charge on any atom is 0.279 e. The lowest BCUT2D eigenvalue weighted by Gasteiger charge is -2.46. The van der Waals surface area contributed by atoms with Gasteiger partial charge in [0.25, 0.3) is 5.56 Å². The van der Waals surface area contributed by atoms with Crippen molar-refractivity contribution in [2.45, 2.75) is 68.9 Å². The Morgan fingerprint density at radius 2 is 1.95 bits per heavy atom. The van der Waals surface area contributed by atoms with E-state index in [9.17, 15) is 4.79 Å². The average molecular weight is 513 g/mol. The minimum Gasteiger partial charge on any atom is -0.381 e. The van der Waals surface area contributed by atoms with Crippen LogP contribution in [0.25, 0.3) is 16.6 Å². The van der Waals surface area contributed by atoms with Crippen molar-refractivity contribution in [3.63, 3.8) is 0 Å². The van der Waals surface area contributed by atoms with Crippen LogP contribution < -0.4 is 5.56 Å². The Balaban J connectivity index is 1.31. The molecule has 0 spiro atoms. The number of aryl methyl sites for hydroxylation is 1. The molecular formula is C30H36N6O2. The van der Waals surface area contributed by atoms with Crippen molar-refractivity contribution in [1.82, 2.24) is 29.2 Å².